The third kappa shape index (κ3) is 6.81. The minimum Gasteiger partial charge on any atom is -0.481 e. The van der Waals surface area contributed by atoms with Crippen LogP contribution in [0.15, 0.2) is 24.3 Å². The summed E-state index contributed by atoms with van der Waals surface area (Å²) in [7, 11) is 0. The Morgan fingerprint density at radius 1 is 1.00 bits per heavy atom. The summed E-state index contributed by atoms with van der Waals surface area (Å²) in [5, 5.41) is 9.24. The molecule has 1 aliphatic rings. The van der Waals surface area contributed by atoms with Crippen molar-refractivity contribution in [1.29, 1.82) is 0 Å². The molecule has 0 bridgehead atoms. The highest BCUT2D eigenvalue weighted by Gasteiger charge is 2.34. The van der Waals surface area contributed by atoms with E-state index in [1.165, 1.54) is 62.5 Å². The van der Waals surface area contributed by atoms with Gasteiger partial charge in [-0.05, 0) is 29.9 Å². The number of unbranched alkanes of at least 4 members (excludes halogenated alkanes) is 6. The summed E-state index contributed by atoms with van der Waals surface area (Å²) in [6, 6.07) is 8.94. The van der Waals surface area contributed by atoms with Gasteiger partial charge in [0.25, 0.3) is 0 Å². The third-order valence-corrected chi connectivity index (χ3v) is 5.50. The summed E-state index contributed by atoms with van der Waals surface area (Å²) in [5.41, 5.74) is 2.72. The second-order valence-corrected chi connectivity index (χ2v) is 7.80. The molecule has 0 amide bonds. The molecule has 3 heteroatoms. The van der Waals surface area contributed by atoms with Crippen LogP contribution in [0.5, 0.6) is 0 Å². The summed E-state index contributed by atoms with van der Waals surface area (Å²) < 4.78 is 0. The Bertz CT molecular complexity index is 511. The summed E-state index contributed by atoms with van der Waals surface area (Å²) in [6.45, 7) is 6.74. The van der Waals surface area contributed by atoms with Gasteiger partial charge in [0, 0.05) is 19.6 Å². The Morgan fingerprint density at radius 2 is 1.60 bits per heavy atom. The number of rotatable bonds is 11. The van der Waals surface area contributed by atoms with E-state index in [-0.39, 0.29) is 11.8 Å². The van der Waals surface area contributed by atoms with E-state index in [2.05, 4.69) is 36.1 Å². The van der Waals surface area contributed by atoms with E-state index in [0.717, 1.165) is 13.1 Å². The lowest BCUT2D eigenvalue weighted by molar-refractivity contribution is -0.142. The van der Waals surface area contributed by atoms with Crippen LogP contribution in [-0.2, 0) is 17.8 Å². The fraction of sp³-hybridized carbons (Fsp3) is 0.682. The average molecular weight is 346 g/mol. The lowest BCUT2D eigenvalue weighted by Crippen LogP contribution is -2.23. The van der Waals surface area contributed by atoms with Crippen molar-refractivity contribution < 1.29 is 9.90 Å². The van der Waals surface area contributed by atoms with E-state index in [1.807, 2.05) is 6.92 Å². The van der Waals surface area contributed by atoms with Crippen LogP contribution >= 0.6 is 0 Å². The molecular formula is C22H35NO2. The molecule has 0 aliphatic carbocycles. The molecule has 1 aromatic rings. The Labute approximate surface area is 153 Å². The molecule has 1 aromatic carbocycles. The summed E-state index contributed by atoms with van der Waals surface area (Å²) in [5.74, 6) is -0.620. The highest BCUT2D eigenvalue weighted by molar-refractivity contribution is 5.71. The largest absolute Gasteiger partial charge is 0.481 e. The monoisotopic (exact) mass is 345 g/mol. The first kappa shape index (κ1) is 20.0. The molecule has 140 valence electrons. The molecule has 2 rings (SSSR count). The van der Waals surface area contributed by atoms with Gasteiger partial charge in [-0.1, -0.05) is 76.6 Å². The standard InChI is InChI=1S/C22H35NO2/c1-3-4-5-6-7-8-9-10-19-11-13-20(14-12-19)16-23-15-18(2)21(17-23)22(24)25/h11-14,18,21H,3-10,15-17H2,1-2H3,(H,24,25)/t18-,21?/m0/s1. The van der Waals surface area contributed by atoms with Crippen LogP contribution in [0.1, 0.15) is 69.9 Å². The first-order chi connectivity index (χ1) is 12.1. The number of aryl methyl sites for hydroxylation is 1. The molecule has 0 radical (unpaired) electrons. The van der Waals surface area contributed by atoms with Crippen molar-refractivity contribution in [2.75, 3.05) is 13.1 Å². The van der Waals surface area contributed by atoms with Crippen LogP contribution in [0.25, 0.3) is 0 Å². The molecule has 25 heavy (non-hydrogen) atoms. The highest BCUT2D eigenvalue weighted by Crippen LogP contribution is 2.24. The van der Waals surface area contributed by atoms with Crippen LogP contribution in [0, 0.1) is 11.8 Å². The van der Waals surface area contributed by atoms with Gasteiger partial charge in [0.2, 0.25) is 0 Å². The molecule has 1 saturated heterocycles. The predicted molar refractivity (Wildman–Crippen MR) is 104 cm³/mol. The van der Waals surface area contributed by atoms with Gasteiger partial charge < -0.3 is 5.11 Å². The first-order valence-electron chi connectivity index (χ1n) is 10.1. The highest BCUT2D eigenvalue weighted by atomic mass is 16.4. The Hall–Kier alpha value is -1.35. The smallest absolute Gasteiger partial charge is 0.308 e. The average Bonchev–Trinajstić information content (AvgIpc) is 2.96. The van der Waals surface area contributed by atoms with Gasteiger partial charge in [0.05, 0.1) is 5.92 Å². The second kappa shape index (κ2) is 10.6. The molecule has 0 spiro atoms. The first-order valence-corrected chi connectivity index (χ1v) is 10.1. The van der Waals surface area contributed by atoms with Crippen LogP contribution in [0.3, 0.4) is 0 Å². The van der Waals surface area contributed by atoms with Crippen molar-refractivity contribution in [3.05, 3.63) is 35.4 Å². The van der Waals surface area contributed by atoms with Gasteiger partial charge in [-0.25, -0.2) is 0 Å². The number of carboxylic acids is 1. The molecule has 0 saturated carbocycles. The Kier molecular flexibility index (Phi) is 8.47. The van der Waals surface area contributed by atoms with Gasteiger partial charge in [-0.15, -0.1) is 0 Å². The Morgan fingerprint density at radius 3 is 2.20 bits per heavy atom. The molecule has 2 atom stereocenters. The fourth-order valence-corrected chi connectivity index (χ4v) is 3.87. The van der Waals surface area contributed by atoms with Crippen molar-refractivity contribution in [3.63, 3.8) is 0 Å². The van der Waals surface area contributed by atoms with Gasteiger partial charge in [-0.3, -0.25) is 9.69 Å². The summed E-state index contributed by atoms with van der Waals surface area (Å²) >= 11 is 0. The van der Waals surface area contributed by atoms with E-state index in [4.69, 9.17) is 0 Å². The van der Waals surface area contributed by atoms with Crippen molar-refractivity contribution in [3.8, 4) is 0 Å². The number of hydrogen-bond donors (Lipinski definition) is 1. The van der Waals surface area contributed by atoms with Crippen molar-refractivity contribution in [2.24, 2.45) is 11.8 Å². The molecule has 1 unspecified atom stereocenters. The fourth-order valence-electron chi connectivity index (χ4n) is 3.87. The van der Waals surface area contributed by atoms with Crippen LogP contribution < -0.4 is 0 Å². The van der Waals surface area contributed by atoms with Gasteiger partial charge in [0.15, 0.2) is 0 Å². The van der Waals surface area contributed by atoms with E-state index < -0.39 is 5.97 Å². The van der Waals surface area contributed by atoms with E-state index in [0.29, 0.717) is 6.54 Å². The van der Waals surface area contributed by atoms with E-state index in [1.54, 1.807) is 0 Å². The van der Waals surface area contributed by atoms with Crippen LogP contribution in [-0.4, -0.2) is 29.1 Å². The second-order valence-electron chi connectivity index (χ2n) is 7.80. The lowest BCUT2D eigenvalue weighted by atomic mass is 9.99. The lowest BCUT2D eigenvalue weighted by Gasteiger charge is -2.15. The molecule has 0 aromatic heterocycles. The van der Waals surface area contributed by atoms with Crippen molar-refractivity contribution in [1.82, 2.24) is 4.90 Å². The zero-order valence-electron chi connectivity index (χ0n) is 16.0. The number of carbonyl (C=O) groups is 1. The predicted octanol–water partition coefficient (Wildman–Crippen LogP) is 5.13. The zero-order chi connectivity index (χ0) is 18.1. The quantitative estimate of drug-likeness (QED) is 0.565. The zero-order valence-corrected chi connectivity index (χ0v) is 16.0. The number of likely N-dealkylation sites (tertiary alicyclic amines) is 1. The summed E-state index contributed by atoms with van der Waals surface area (Å²) in [6.07, 6.45) is 10.7. The van der Waals surface area contributed by atoms with E-state index >= 15 is 0 Å². The maximum Gasteiger partial charge on any atom is 0.308 e. The van der Waals surface area contributed by atoms with Crippen LogP contribution in [0.4, 0.5) is 0 Å². The molecule has 1 aliphatic heterocycles. The number of benzene rings is 1. The number of nitrogens with zero attached hydrogens (tertiary/aromatic N) is 1. The molecular weight excluding hydrogens is 310 g/mol. The van der Waals surface area contributed by atoms with Gasteiger partial charge in [-0.2, -0.15) is 0 Å². The molecule has 1 N–H and O–H groups in total. The normalized spacial score (nSPS) is 20.9. The number of carboxylic acid groups (broad SMARTS) is 1. The van der Waals surface area contributed by atoms with Crippen molar-refractivity contribution >= 4 is 5.97 Å². The Balaban J connectivity index is 1.67. The van der Waals surface area contributed by atoms with Crippen LogP contribution in [0.2, 0.25) is 0 Å². The molecule has 1 heterocycles. The minimum atomic E-state index is -0.653. The summed E-state index contributed by atoms with van der Waals surface area (Å²) in [4.78, 5) is 13.5. The molecule has 3 nitrogen and oxygen atoms in total. The molecule has 1 fully saturated rings. The van der Waals surface area contributed by atoms with Crippen molar-refractivity contribution in [2.45, 2.75) is 71.8 Å². The minimum absolute atomic E-state index is 0.211. The third-order valence-electron chi connectivity index (χ3n) is 5.50. The van der Waals surface area contributed by atoms with Gasteiger partial charge >= 0.3 is 5.97 Å². The SMILES string of the molecule is CCCCCCCCCc1ccc(CN2CC(C(=O)O)[C@@H](C)C2)cc1. The topological polar surface area (TPSA) is 40.5 Å². The maximum atomic E-state index is 11.2. The maximum absolute atomic E-state index is 11.2. The number of hydrogen-bond acceptors (Lipinski definition) is 2. The van der Waals surface area contributed by atoms with Gasteiger partial charge in [0.1, 0.15) is 0 Å². The number of aliphatic carboxylic acids is 1. The van der Waals surface area contributed by atoms with E-state index in [9.17, 15) is 9.90 Å².